The number of carbonyl (C=O) groups is 1. The van der Waals surface area contributed by atoms with Gasteiger partial charge in [-0.2, -0.15) is 0 Å². The lowest BCUT2D eigenvalue weighted by Gasteiger charge is -2.30. The van der Waals surface area contributed by atoms with Crippen molar-refractivity contribution in [2.45, 2.75) is 24.7 Å². The van der Waals surface area contributed by atoms with Gasteiger partial charge in [0.15, 0.2) is 0 Å². The van der Waals surface area contributed by atoms with Crippen molar-refractivity contribution in [2.24, 2.45) is 5.92 Å². The molecule has 1 fully saturated rings. The summed E-state index contributed by atoms with van der Waals surface area (Å²) in [5, 5.41) is 0. The molecule has 0 spiro atoms. The van der Waals surface area contributed by atoms with Gasteiger partial charge in [0.2, 0.25) is 0 Å². The van der Waals surface area contributed by atoms with Crippen molar-refractivity contribution in [2.75, 3.05) is 13.1 Å². The molecule has 1 aliphatic rings. The normalized spacial score (nSPS) is 17.5. The minimum absolute atomic E-state index is 0.141. The van der Waals surface area contributed by atoms with Crippen molar-refractivity contribution in [1.82, 2.24) is 4.90 Å². The van der Waals surface area contributed by atoms with Crippen molar-refractivity contribution in [3.8, 4) is 0 Å². The van der Waals surface area contributed by atoms with Crippen LogP contribution in [0.1, 0.15) is 30.1 Å². The van der Waals surface area contributed by atoms with E-state index in [-0.39, 0.29) is 5.91 Å². The number of piperidine rings is 1. The largest absolute Gasteiger partial charge is 0.339 e. The molecule has 1 amide bonds. The molecular weight excluding hydrogens is 218 g/mol. The Morgan fingerprint density at radius 2 is 2.06 bits per heavy atom. The fourth-order valence-electron chi connectivity index (χ4n) is 2.03. The van der Waals surface area contributed by atoms with E-state index in [1.165, 1.54) is 0 Å². The molecule has 1 saturated heterocycles. The van der Waals surface area contributed by atoms with Crippen LogP contribution in [0.15, 0.2) is 29.2 Å². The molecule has 0 radical (unpaired) electrons. The summed E-state index contributed by atoms with van der Waals surface area (Å²) < 4.78 is 0. The van der Waals surface area contributed by atoms with Gasteiger partial charge in [0.25, 0.3) is 5.91 Å². The summed E-state index contributed by atoms with van der Waals surface area (Å²) >= 11 is 4.26. The van der Waals surface area contributed by atoms with E-state index < -0.39 is 0 Å². The van der Waals surface area contributed by atoms with Gasteiger partial charge in [-0.1, -0.05) is 13.0 Å². The molecule has 1 heterocycles. The molecule has 0 bridgehead atoms. The number of nitrogens with zero attached hydrogens (tertiary/aromatic N) is 1. The minimum Gasteiger partial charge on any atom is -0.339 e. The average molecular weight is 235 g/mol. The van der Waals surface area contributed by atoms with Gasteiger partial charge < -0.3 is 4.90 Å². The van der Waals surface area contributed by atoms with Crippen LogP contribution < -0.4 is 0 Å². The maximum Gasteiger partial charge on any atom is 0.253 e. The summed E-state index contributed by atoms with van der Waals surface area (Å²) in [5.41, 5.74) is 0.752. The molecule has 0 unspecified atom stereocenters. The Hall–Kier alpha value is -0.960. The van der Waals surface area contributed by atoms with Gasteiger partial charge in [-0.25, -0.2) is 0 Å². The summed E-state index contributed by atoms with van der Waals surface area (Å²) in [6.07, 6.45) is 2.23. The molecular formula is C13H17NOS. The Morgan fingerprint density at radius 1 is 1.38 bits per heavy atom. The van der Waals surface area contributed by atoms with E-state index in [0.717, 1.165) is 42.3 Å². The molecule has 1 aromatic rings. The minimum atomic E-state index is 0.141. The van der Waals surface area contributed by atoms with Gasteiger partial charge in [0.05, 0.1) is 0 Å². The molecule has 2 nitrogen and oxygen atoms in total. The molecule has 86 valence electrons. The monoisotopic (exact) mass is 235 g/mol. The Morgan fingerprint density at radius 3 is 2.69 bits per heavy atom. The number of thiol groups is 1. The van der Waals surface area contributed by atoms with Crippen LogP contribution in [0.2, 0.25) is 0 Å². The van der Waals surface area contributed by atoms with Crippen molar-refractivity contribution < 1.29 is 4.79 Å². The smallest absolute Gasteiger partial charge is 0.253 e. The van der Waals surface area contributed by atoms with Crippen LogP contribution in [-0.2, 0) is 0 Å². The highest BCUT2D eigenvalue weighted by Gasteiger charge is 2.21. The van der Waals surface area contributed by atoms with E-state index in [9.17, 15) is 4.79 Å². The third-order valence-corrected chi connectivity index (χ3v) is 3.44. The van der Waals surface area contributed by atoms with E-state index in [1.54, 1.807) is 0 Å². The Labute approximate surface area is 102 Å². The summed E-state index contributed by atoms with van der Waals surface area (Å²) in [6, 6.07) is 7.46. The quantitative estimate of drug-likeness (QED) is 0.742. The summed E-state index contributed by atoms with van der Waals surface area (Å²) in [6.45, 7) is 4.02. The molecule has 1 aliphatic heterocycles. The van der Waals surface area contributed by atoms with Crippen molar-refractivity contribution in [3.05, 3.63) is 29.8 Å². The number of likely N-dealkylation sites (tertiary alicyclic amines) is 1. The Kier molecular flexibility index (Phi) is 3.54. The standard InChI is InChI=1S/C13H17NOS/c1-10-5-7-14(8-6-10)13(15)11-3-2-4-12(16)9-11/h2-4,9-10,16H,5-8H2,1H3. The predicted molar refractivity (Wildman–Crippen MR) is 68.0 cm³/mol. The second kappa shape index (κ2) is 4.91. The van der Waals surface area contributed by atoms with Gasteiger partial charge in [0.1, 0.15) is 0 Å². The molecule has 0 N–H and O–H groups in total. The first-order chi connectivity index (χ1) is 7.66. The number of rotatable bonds is 1. The maximum atomic E-state index is 12.2. The van der Waals surface area contributed by atoms with E-state index in [4.69, 9.17) is 0 Å². The van der Waals surface area contributed by atoms with Crippen LogP contribution in [-0.4, -0.2) is 23.9 Å². The molecule has 3 heteroatoms. The summed E-state index contributed by atoms with van der Waals surface area (Å²) in [5.74, 6) is 0.892. The van der Waals surface area contributed by atoms with Crippen LogP contribution >= 0.6 is 12.6 Å². The maximum absolute atomic E-state index is 12.2. The predicted octanol–water partition coefficient (Wildman–Crippen LogP) is 2.85. The van der Waals surface area contributed by atoms with Crippen molar-refractivity contribution in [3.63, 3.8) is 0 Å². The molecule has 0 atom stereocenters. The van der Waals surface area contributed by atoms with E-state index in [2.05, 4.69) is 19.6 Å². The molecule has 0 aliphatic carbocycles. The molecule has 1 aromatic carbocycles. The highest BCUT2D eigenvalue weighted by atomic mass is 32.1. The zero-order valence-corrected chi connectivity index (χ0v) is 10.4. The first-order valence-corrected chi connectivity index (χ1v) is 6.20. The lowest BCUT2D eigenvalue weighted by molar-refractivity contribution is 0.0697. The zero-order chi connectivity index (χ0) is 11.5. The van der Waals surface area contributed by atoms with Gasteiger partial charge in [0, 0.05) is 23.5 Å². The lowest BCUT2D eigenvalue weighted by Crippen LogP contribution is -2.37. The number of carbonyl (C=O) groups excluding carboxylic acids is 1. The fraction of sp³-hybridized carbons (Fsp3) is 0.462. The van der Waals surface area contributed by atoms with Crippen molar-refractivity contribution >= 4 is 18.5 Å². The lowest BCUT2D eigenvalue weighted by atomic mass is 9.98. The second-order valence-electron chi connectivity index (χ2n) is 4.53. The first-order valence-electron chi connectivity index (χ1n) is 5.75. The number of amides is 1. The van der Waals surface area contributed by atoms with Crippen LogP contribution in [0.5, 0.6) is 0 Å². The summed E-state index contributed by atoms with van der Waals surface area (Å²) in [7, 11) is 0. The highest BCUT2D eigenvalue weighted by Crippen LogP contribution is 2.19. The van der Waals surface area contributed by atoms with E-state index >= 15 is 0 Å². The van der Waals surface area contributed by atoms with Gasteiger partial charge in [-0.15, -0.1) is 12.6 Å². The van der Waals surface area contributed by atoms with E-state index in [0.29, 0.717) is 0 Å². The van der Waals surface area contributed by atoms with Gasteiger partial charge >= 0.3 is 0 Å². The van der Waals surface area contributed by atoms with Crippen LogP contribution in [0, 0.1) is 5.92 Å². The van der Waals surface area contributed by atoms with Crippen LogP contribution in [0.3, 0.4) is 0 Å². The van der Waals surface area contributed by atoms with Crippen LogP contribution in [0.4, 0.5) is 0 Å². The number of hydrogen-bond donors (Lipinski definition) is 1. The summed E-state index contributed by atoms with van der Waals surface area (Å²) in [4.78, 5) is 14.9. The molecule has 16 heavy (non-hydrogen) atoms. The van der Waals surface area contributed by atoms with Crippen molar-refractivity contribution in [1.29, 1.82) is 0 Å². The SMILES string of the molecule is CC1CCN(C(=O)c2cccc(S)c2)CC1. The molecule has 0 saturated carbocycles. The van der Waals surface area contributed by atoms with Crippen LogP contribution in [0.25, 0.3) is 0 Å². The molecule has 0 aromatic heterocycles. The second-order valence-corrected chi connectivity index (χ2v) is 5.04. The number of hydrogen-bond acceptors (Lipinski definition) is 2. The highest BCUT2D eigenvalue weighted by molar-refractivity contribution is 7.80. The third kappa shape index (κ3) is 2.59. The van der Waals surface area contributed by atoms with E-state index in [1.807, 2.05) is 29.2 Å². The third-order valence-electron chi connectivity index (χ3n) is 3.16. The van der Waals surface area contributed by atoms with Gasteiger partial charge in [-0.3, -0.25) is 4.79 Å². The molecule has 2 rings (SSSR count). The zero-order valence-electron chi connectivity index (χ0n) is 9.52. The first kappa shape index (κ1) is 11.5. The topological polar surface area (TPSA) is 20.3 Å². The fourth-order valence-corrected chi connectivity index (χ4v) is 2.26. The number of benzene rings is 1. The average Bonchev–Trinajstić information content (AvgIpc) is 2.29. The Balaban J connectivity index is 2.08. The van der Waals surface area contributed by atoms with Gasteiger partial charge in [-0.05, 0) is 37.0 Å². The Bertz CT molecular complexity index is 383.